The quantitative estimate of drug-likeness (QED) is 0.432. The van der Waals surface area contributed by atoms with E-state index >= 15 is 0 Å². The van der Waals surface area contributed by atoms with Crippen LogP contribution in [0.5, 0.6) is 0 Å². The smallest absolute Gasteiger partial charge is 0.221 e. The highest BCUT2D eigenvalue weighted by Crippen LogP contribution is 2.29. The van der Waals surface area contributed by atoms with Crippen molar-refractivity contribution in [1.29, 1.82) is 5.26 Å². The number of pyridine rings is 1. The van der Waals surface area contributed by atoms with Gasteiger partial charge in [0, 0.05) is 70.2 Å². The molecule has 1 unspecified atom stereocenters. The van der Waals surface area contributed by atoms with Crippen LogP contribution in [0.2, 0.25) is 0 Å². The van der Waals surface area contributed by atoms with Crippen molar-refractivity contribution in [3.05, 3.63) is 66.1 Å². The van der Waals surface area contributed by atoms with Crippen molar-refractivity contribution in [1.82, 2.24) is 30.0 Å². The minimum Gasteiger partial charge on any atom is -0.356 e. The molecule has 0 bridgehead atoms. The second-order valence-corrected chi connectivity index (χ2v) is 10.7. The Morgan fingerprint density at radius 2 is 1.79 bits per heavy atom. The summed E-state index contributed by atoms with van der Waals surface area (Å²) >= 11 is 0. The van der Waals surface area contributed by atoms with E-state index in [4.69, 9.17) is 5.26 Å². The van der Waals surface area contributed by atoms with Crippen molar-refractivity contribution in [3.63, 3.8) is 0 Å². The summed E-state index contributed by atoms with van der Waals surface area (Å²) in [5, 5.41) is 18.7. The minimum absolute atomic E-state index is 0.00879. The molecule has 1 saturated heterocycles. The van der Waals surface area contributed by atoms with Crippen molar-refractivity contribution >= 4 is 11.7 Å². The van der Waals surface area contributed by atoms with Crippen LogP contribution in [0.4, 0.5) is 5.82 Å². The first kappa shape index (κ1) is 26.9. The van der Waals surface area contributed by atoms with Gasteiger partial charge in [-0.3, -0.25) is 14.4 Å². The topological polar surface area (TPSA) is 102 Å². The molecule has 39 heavy (non-hydrogen) atoms. The van der Waals surface area contributed by atoms with E-state index in [0.29, 0.717) is 17.9 Å². The second kappa shape index (κ2) is 12.9. The van der Waals surface area contributed by atoms with Crippen molar-refractivity contribution in [2.45, 2.75) is 44.6 Å². The predicted molar refractivity (Wildman–Crippen MR) is 151 cm³/mol. The zero-order chi connectivity index (χ0) is 27.0. The van der Waals surface area contributed by atoms with Gasteiger partial charge in [-0.1, -0.05) is 43.5 Å². The Hall–Kier alpha value is -3.74. The normalized spacial score (nSPS) is 17.8. The first-order valence-corrected chi connectivity index (χ1v) is 14.0. The van der Waals surface area contributed by atoms with Gasteiger partial charge in [-0.05, 0) is 42.0 Å². The second-order valence-electron chi connectivity index (χ2n) is 10.7. The van der Waals surface area contributed by atoms with Gasteiger partial charge in [0.25, 0.3) is 0 Å². The Balaban J connectivity index is 1.24. The maximum absolute atomic E-state index is 13.2. The number of hydrazine groups is 1. The van der Waals surface area contributed by atoms with Crippen LogP contribution in [0.15, 0.2) is 55.0 Å². The number of aromatic nitrogens is 3. The number of nitrogens with one attached hydrogen (secondary N) is 2. The van der Waals surface area contributed by atoms with E-state index in [-0.39, 0.29) is 11.9 Å². The summed E-state index contributed by atoms with van der Waals surface area (Å²) < 4.78 is 1.81. The highest BCUT2D eigenvalue weighted by molar-refractivity contribution is 5.77. The van der Waals surface area contributed by atoms with Gasteiger partial charge in [0.05, 0.1) is 11.8 Å². The number of piperazine rings is 1. The molecule has 0 radical (unpaired) electrons. The van der Waals surface area contributed by atoms with E-state index in [0.717, 1.165) is 55.2 Å². The fourth-order valence-corrected chi connectivity index (χ4v) is 5.66. The molecule has 1 aromatic carbocycles. The standard InChI is InChI=1S/C30H38N8O/c1-36-22-27(21-34-36)25-8-10-26(11-9-25)28(17-30(39)33-19-23-5-3-2-4-6-23)37-13-15-38(16-14-37)35-29-12-7-24(18-31)20-32-29/h7-12,20-23,28H,2-6,13-17,19H2,1H3,(H,32,35)(H,33,39). The molecule has 9 heteroatoms. The zero-order valence-electron chi connectivity index (χ0n) is 22.7. The van der Waals surface area contributed by atoms with E-state index in [9.17, 15) is 4.79 Å². The third-order valence-electron chi connectivity index (χ3n) is 7.95. The van der Waals surface area contributed by atoms with Gasteiger partial charge in [-0.25, -0.2) is 9.99 Å². The van der Waals surface area contributed by atoms with E-state index < -0.39 is 0 Å². The minimum atomic E-state index is 0.00879. The summed E-state index contributed by atoms with van der Waals surface area (Å²) in [7, 11) is 1.92. The molecule has 1 saturated carbocycles. The van der Waals surface area contributed by atoms with Crippen molar-refractivity contribution in [3.8, 4) is 17.2 Å². The first-order chi connectivity index (χ1) is 19.1. The molecule has 1 aliphatic heterocycles. The van der Waals surface area contributed by atoms with Crippen molar-refractivity contribution in [2.24, 2.45) is 13.0 Å². The molecule has 1 aliphatic carbocycles. The average molecular weight is 527 g/mol. The lowest BCUT2D eigenvalue weighted by Crippen LogP contribution is -2.50. The van der Waals surface area contributed by atoms with Crippen LogP contribution in [-0.2, 0) is 11.8 Å². The van der Waals surface area contributed by atoms with Crippen molar-refractivity contribution < 1.29 is 4.79 Å². The number of nitriles is 1. The number of carbonyl (C=O) groups excluding carboxylic acids is 1. The molecular formula is C30H38N8O. The Morgan fingerprint density at radius 3 is 2.44 bits per heavy atom. The number of carbonyl (C=O) groups is 1. The molecule has 3 aromatic rings. The number of aryl methyl sites for hydroxylation is 1. The summed E-state index contributed by atoms with van der Waals surface area (Å²) in [6.07, 6.45) is 12.2. The number of anilines is 1. The number of rotatable bonds is 9. The van der Waals surface area contributed by atoms with E-state index in [2.05, 4.69) is 61.1 Å². The molecule has 2 N–H and O–H groups in total. The molecule has 1 atom stereocenters. The van der Waals surface area contributed by atoms with Crippen LogP contribution >= 0.6 is 0 Å². The first-order valence-electron chi connectivity index (χ1n) is 14.0. The predicted octanol–water partition coefficient (Wildman–Crippen LogP) is 4.13. The summed E-state index contributed by atoms with van der Waals surface area (Å²) in [4.78, 5) is 19.9. The Morgan fingerprint density at radius 1 is 1.03 bits per heavy atom. The molecule has 2 fully saturated rings. The third kappa shape index (κ3) is 7.22. The lowest BCUT2D eigenvalue weighted by Gasteiger charge is -2.39. The number of benzene rings is 1. The molecule has 2 aliphatic rings. The molecule has 2 aromatic heterocycles. The fraction of sp³-hybridized carbons (Fsp3) is 0.467. The molecule has 9 nitrogen and oxygen atoms in total. The fourth-order valence-electron chi connectivity index (χ4n) is 5.66. The molecule has 204 valence electrons. The maximum Gasteiger partial charge on any atom is 0.221 e. The van der Waals surface area contributed by atoms with Gasteiger partial charge < -0.3 is 10.7 Å². The van der Waals surface area contributed by atoms with Gasteiger partial charge in [0.2, 0.25) is 5.91 Å². The van der Waals surface area contributed by atoms with Gasteiger partial charge in [0.15, 0.2) is 0 Å². The van der Waals surface area contributed by atoms with Crippen LogP contribution in [0.1, 0.15) is 55.7 Å². The van der Waals surface area contributed by atoms with E-state index in [1.165, 1.54) is 32.1 Å². The maximum atomic E-state index is 13.2. The number of amides is 1. The van der Waals surface area contributed by atoms with Gasteiger partial charge in [-0.2, -0.15) is 10.4 Å². The van der Waals surface area contributed by atoms with Gasteiger partial charge in [-0.15, -0.1) is 0 Å². The SMILES string of the molecule is Cn1cc(-c2ccc(C(CC(=O)NCC3CCCCC3)N3CCN(Nc4ccc(C#N)cn4)CC3)cc2)cn1. The molecule has 1 amide bonds. The monoisotopic (exact) mass is 526 g/mol. The summed E-state index contributed by atoms with van der Waals surface area (Å²) in [6.45, 7) is 4.05. The van der Waals surface area contributed by atoms with E-state index in [1.807, 2.05) is 30.2 Å². The summed E-state index contributed by atoms with van der Waals surface area (Å²) in [5.41, 5.74) is 7.27. The summed E-state index contributed by atoms with van der Waals surface area (Å²) in [5.74, 6) is 1.47. The molecule has 5 rings (SSSR count). The highest BCUT2D eigenvalue weighted by atomic mass is 16.1. The Labute approximate surface area is 230 Å². The van der Waals surface area contributed by atoms with Crippen LogP contribution in [-0.4, -0.2) is 63.3 Å². The average Bonchev–Trinajstić information content (AvgIpc) is 3.42. The van der Waals surface area contributed by atoms with Gasteiger partial charge in [0.1, 0.15) is 11.9 Å². The lowest BCUT2D eigenvalue weighted by molar-refractivity contribution is -0.122. The van der Waals surface area contributed by atoms with Gasteiger partial charge >= 0.3 is 0 Å². The largest absolute Gasteiger partial charge is 0.356 e. The zero-order valence-corrected chi connectivity index (χ0v) is 22.7. The number of hydrogen-bond acceptors (Lipinski definition) is 7. The van der Waals surface area contributed by atoms with Crippen LogP contribution < -0.4 is 10.7 Å². The van der Waals surface area contributed by atoms with E-state index in [1.54, 1.807) is 12.3 Å². The summed E-state index contributed by atoms with van der Waals surface area (Å²) in [6, 6.07) is 14.3. The Bertz CT molecular complexity index is 1250. The van der Waals surface area contributed by atoms with Crippen LogP contribution in [0, 0.1) is 17.2 Å². The van der Waals surface area contributed by atoms with Crippen molar-refractivity contribution in [2.75, 3.05) is 38.1 Å². The molecule has 0 spiro atoms. The highest BCUT2D eigenvalue weighted by Gasteiger charge is 2.28. The van der Waals surface area contributed by atoms with Crippen LogP contribution in [0.3, 0.4) is 0 Å². The number of hydrogen-bond donors (Lipinski definition) is 2. The molecular weight excluding hydrogens is 488 g/mol. The molecule has 3 heterocycles. The Kier molecular flexibility index (Phi) is 8.86. The third-order valence-corrected chi connectivity index (χ3v) is 7.95. The number of nitrogens with zero attached hydrogens (tertiary/aromatic N) is 6. The lowest BCUT2D eigenvalue weighted by atomic mass is 9.89. The van der Waals surface area contributed by atoms with Crippen LogP contribution in [0.25, 0.3) is 11.1 Å².